The molecule has 3 aliphatic rings. The third-order valence-corrected chi connectivity index (χ3v) is 12.8. The normalized spacial score (nSPS) is 27.2. The van der Waals surface area contributed by atoms with Crippen molar-refractivity contribution in [3.05, 3.63) is 0 Å². The van der Waals surface area contributed by atoms with Crippen LogP contribution in [0.5, 0.6) is 0 Å². The van der Waals surface area contributed by atoms with Crippen molar-refractivity contribution in [2.24, 2.45) is 22.2 Å². The molecule has 240 valence electrons. The van der Waals surface area contributed by atoms with Gasteiger partial charge in [-0.05, 0) is 81.0 Å². The first-order valence-corrected chi connectivity index (χ1v) is 19.3. The van der Waals surface area contributed by atoms with E-state index < -0.39 is 11.4 Å². The maximum atomic E-state index is 13.2. The lowest BCUT2D eigenvalue weighted by atomic mass is 9.46. The molecule has 0 radical (unpaired) electrons. The minimum Gasteiger partial charge on any atom is -0.481 e. The third kappa shape index (κ3) is 9.99. The average molecular weight is 573 g/mol. The van der Waals surface area contributed by atoms with Crippen LogP contribution in [0.2, 0.25) is 0 Å². The molecular weight excluding hydrogens is 500 g/mol. The van der Waals surface area contributed by atoms with Crippen molar-refractivity contribution in [2.75, 3.05) is 0 Å². The molecule has 0 aromatic heterocycles. The van der Waals surface area contributed by atoms with Crippen LogP contribution in [-0.2, 0) is 4.79 Å². The zero-order valence-corrected chi connectivity index (χ0v) is 28.1. The molecular formula is C39H72O2. The van der Waals surface area contributed by atoms with Gasteiger partial charge in [-0.15, -0.1) is 0 Å². The highest BCUT2D eigenvalue weighted by Gasteiger charge is 2.59. The number of hydrogen-bond donors (Lipinski definition) is 1. The van der Waals surface area contributed by atoms with E-state index >= 15 is 0 Å². The zero-order chi connectivity index (χ0) is 29.3. The first kappa shape index (κ1) is 35.0. The van der Waals surface area contributed by atoms with Crippen LogP contribution in [0.15, 0.2) is 0 Å². The summed E-state index contributed by atoms with van der Waals surface area (Å²) >= 11 is 0. The Hall–Kier alpha value is -0.530. The monoisotopic (exact) mass is 573 g/mol. The van der Waals surface area contributed by atoms with Gasteiger partial charge in [0.1, 0.15) is 0 Å². The van der Waals surface area contributed by atoms with Gasteiger partial charge in [0, 0.05) is 0 Å². The summed E-state index contributed by atoms with van der Waals surface area (Å²) in [4.78, 5) is 13.2. The molecule has 0 aromatic carbocycles. The summed E-state index contributed by atoms with van der Waals surface area (Å²) in [7, 11) is 0. The van der Waals surface area contributed by atoms with E-state index in [0.717, 1.165) is 31.6 Å². The third-order valence-electron chi connectivity index (χ3n) is 12.8. The van der Waals surface area contributed by atoms with Gasteiger partial charge >= 0.3 is 5.97 Å². The fourth-order valence-electron chi connectivity index (χ4n) is 10.1. The van der Waals surface area contributed by atoms with Crippen LogP contribution in [-0.4, -0.2) is 11.1 Å². The van der Waals surface area contributed by atoms with Crippen LogP contribution in [0.1, 0.15) is 219 Å². The van der Waals surface area contributed by atoms with Gasteiger partial charge in [-0.1, -0.05) is 155 Å². The van der Waals surface area contributed by atoms with Crippen LogP contribution in [0.3, 0.4) is 0 Å². The molecule has 2 heteroatoms. The first-order valence-electron chi connectivity index (χ1n) is 19.3. The number of carboxylic acids is 1. The van der Waals surface area contributed by atoms with Gasteiger partial charge in [-0.3, -0.25) is 4.79 Å². The summed E-state index contributed by atoms with van der Waals surface area (Å²) < 4.78 is 0. The van der Waals surface area contributed by atoms with E-state index in [1.807, 2.05) is 0 Å². The van der Waals surface area contributed by atoms with Crippen molar-refractivity contribution < 1.29 is 9.90 Å². The Morgan fingerprint density at radius 2 is 0.976 bits per heavy atom. The second-order valence-electron chi connectivity index (χ2n) is 15.4. The number of carboxylic acid groups (broad SMARTS) is 1. The van der Waals surface area contributed by atoms with Gasteiger partial charge in [0.25, 0.3) is 0 Å². The lowest BCUT2D eigenvalue weighted by Crippen LogP contribution is -2.53. The maximum absolute atomic E-state index is 13.2. The fraction of sp³-hybridized carbons (Fsp3) is 0.974. The Labute approximate surface area is 257 Å². The summed E-state index contributed by atoms with van der Waals surface area (Å²) in [6.07, 6.45) is 42.4. The molecule has 1 N–H and O–H groups in total. The molecule has 3 aliphatic carbocycles. The van der Waals surface area contributed by atoms with Gasteiger partial charge < -0.3 is 5.11 Å². The molecule has 0 spiro atoms. The van der Waals surface area contributed by atoms with Gasteiger partial charge in [-0.25, -0.2) is 0 Å². The summed E-state index contributed by atoms with van der Waals surface area (Å²) in [6.45, 7) is 4.61. The SMILES string of the molecule is CCCCCCCCCCC1(C2CCCCC2)CCC(CCCCCCCCCC)(C2(C(=O)O)CCCCC2)CC1. The van der Waals surface area contributed by atoms with E-state index in [1.54, 1.807) is 0 Å². The zero-order valence-electron chi connectivity index (χ0n) is 28.1. The standard InChI is InChI=1S/C39H72O2/c1-3-5-7-9-11-13-15-21-27-37(35-25-19-17-20-26-35)31-33-38(34-32-37,28-22-16-14-12-10-8-6-4-2)39(36(40)41)29-23-18-24-30-39/h35H,3-34H2,1-2H3,(H,40,41). The molecule has 0 bridgehead atoms. The number of unbranched alkanes of at least 4 members (excludes halogenated alkanes) is 14. The van der Waals surface area contributed by atoms with E-state index in [-0.39, 0.29) is 5.41 Å². The molecule has 2 nitrogen and oxygen atoms in total. The van der Waals surface area contributed by atoms with Gasteiger partial charge in [0.15, 0.2) is 0 Å². The van der Waals surface area contributed by atoms with Crippen LogP contribution in [0, 0.1) is 22.2 Å². The second kappa shape index (κ2) is 19.0. The number of aliphatic carboxylic acids is 1. The molecule has 0 aromatic rings. The largest absolute Gasteiger partial charge is 0.481 e. The van der Waals surface area contributed by atoms with Crippen molar-refractivity contribution in [1.82, 2.24) is 0 Å². The summed E-state index contributed by atoms with van der Waals surface area (Å²) in [5.41, 5.74) is 0.127. The van der Waals surface area contributed by atoms with Crippen molar-refractivity contribution in [1.29, 1.82) is 0 Å². The van der Waals surface area contributed by atoms with Gasteiger partial charge in [0.2, 0.25) is 0 Å². The summed E-state index contributed by atoms with van der Waals surface area (Å²) in [5, 5.41) is 10.9. The molecule has 0 aliphatic heterocycles. The molecule has 0 heterocycles. The second-order valence-corrected chi connectivity index (χ2v) is 15.4. The molecule has 41 heavy (non-hydrogen) atoms. The maximum Gasteiger partial charge on any atom is 0.310 e. The van der Waals surface area contributed by atoms with E-state index in [0.29, 0.717) is 5.41 Å². The molecule has 3 fully saturated rings. The van der Waals surface area contributed by atoms with Crippen molar-refractivity contribution in [2.45, 2.75) is 219 Å². The lowest BCUT2D eigenvalue weighted by molar-refractivity contribution is -0.171. The van der Waals surface area contributed by atoms with Gasteiger partial charge in [-0.2, -0.15) is 0 Å². The minimum atomic E-state index is -0.441. The van der Waals surface area contributed by atoms with Crippen molar-refractivity contribution >= 4 is 5.97 Å². The van der Waals surface area contributed by atoms with Crippen LogP contribution >= 0.6 is 0 Å². The number of hydrogen-bond acceptors (Lipinski definition) is 1. The molecule has 0 atom stereocenters. The predicted molar refractivity (Wildman–Crippen MR) is 178 cm³/mol. The Morgan fingerprint density at radius 1 is 0.537 bits per heavy atom. The molecule has 3 saturated carbocycles. The highest BCUT2D eigenvalue weighted by molar-refractivity contribution is 5.76. The molecule has 3 rings (SSSR count). The Kier molecular flexibility index (Phi) is 16.2. The van der Waals surface area contributed by atoms with Crippen molar-refractivity contribution in [3.8, 4) is 0 Å². The van der Waals surface area contributed by atoms with Gasteiger partial charge in [0.05, 0.1) is 5.41 Å². The number of carbonyl (C=O) groups is 1. The van der Waals surface area contributed by atoms with E-state index in [1.165, 1.54) is 180 Å². The van der Waals surface area contributed by atoms with E-state index in [4.69, 9.17) is 0 Å². The quantitative estimate of drug-likeness (QED) is 0.139. The highest BCUT2D eigenvalue weighted by atomic mass is 16.4. The first-order chi connectivity index (χ1) is 20.0. The molecule has 0 saturated heterocycles. The van der Waals surface area contributed by atoms with Crippen LogP contribution in [0.25, 0.3) is 0 Å². The lowest BCUT2D eigenvalue weighted by Gasteiger charge is -2.58. The Morgan fingerprint density at radius 3 is 1.46 bits per heavy atom. The smallest absolute Gasteiger partial charge is 0.310 e. The van der Waals surface area contributed by atoms with E-state index in [2.05, 4.69) is 13.8 Å². The van der Waals surface area contributed by atoms with E-state index in [9.17, 15) is 9.90 Å². The Bertz CT molecular complexity index is 676. The molecule has 0 amide bonds. The number of rotatable bonds is 21. The summed E-state index contributed by atoms with van der Waals surface area (Å²) in [6, 6.07) is 0. The highest BCUT2D eigenvalue weighted by Crippen LogP contribution is 2.64. The van der Waals surface area contributed by atoms with Crippen LogP contribution in [0.4, 0.5) is 0 Å². The van der Waals surface area contributed by atoms with Crippen LogP contribution < -0.4 is 0 Å². The van der Waals surface area contributed by atoms with Crippen molar-refractivity contribution in [3.63, 3.8) is 0 Å². The topological polar surface area (TPSA) is 37.3 Å². The predicted octanol–water partition coefficient (Wildman–Crippen LogP) is 13.2. The minimum absolute atomic E-state index is 0.0545. The Balaban J connectivity index is 1.65. The summed E-state index contributed by atoms with van der Waals surface area (Å²) in [5.74, 6) is 0.485. The fourth-order valence-corrected chi connectivity index (χ4v) is 10.1. The average Bonchev–Trinajstić information content (AvgIpc) is 3.01. The molecule has 0 unspecified atom stereocenters.